The number of amides is 1. The second kappa shape index (κ2) is 8.10. The summed E-state index contributed by atoms with van der Waals surface area (Å²) in [7, 11) is 1.62. The zero-order valence-corrected chi connectivity index (χ0v) is 16.1. The number of carbonyl (C=O) groups excluding carboxylic acids is 1. The second-order valence-corrected chi connectivity index (χ2v) is 7.16. The smallest absolute Gasteiger partial charge is 0.229 e. The lowest BCUT2D eigenvalue weighted by atomic mass is 10.1. The van der Waals surface area contributed by atoms with E-state index in [4.69, 9.17) is 9.84 Å². The summed E-state index contributed by atoms with van der Waals surface area (Å²) in [4.78, 5) is 13.7. The Morgan fingerprint density at radius 1 is 1.07 bits per heavy atom. The Kier molecular flexibility index (Phi) is 5.21. The SMILES string of the molecule is COc1ccc(CC(=O)Nc2cc(-c3cccs3)nn2-c2ccccc2)cc1. The molecule has 28 heavy (non-hydrogen) atoms. The van der Waals surface area contributed by atoms with Gasteiger partial charge < -0.3 is 10.1 Å². The van der Waals surface area contributed by atoms with Crippen molar-refractivity contribution >= 4 is 23.1 Å². The molecule has 2 heterocycles. The highest BCUT2D eigenvalue weighted by atomic mass is 32.1. The third kappa shape index (κ3) is 3.97. The van der Waals surface area contributed by atoms with Crippen molar-refractivity contribution in [3.05, 3.63) is 83.7 Å². The van der Waals surface area contributed by atoms with Gasteiger partial charge in [-0.05, 0) is 41.3 Å². The molecule has 6 heteroatoms. The van der Waals surface area contributed by atoms with Crippen LogP contribution in [0.5, 0.6) is 5.75 Å². The molecule has 0 saturated carbocycles. The predicted molar refractivity (Wildman–Crippen MR) is 112 cm³/mol. The highest BCUT2D eigenvalue weighted by Gasteiger charge is 2.14. The Hall–Kier alpha value is -3.38. The van der Waals surface area contributed by atoms with Gasteiger partial charge in [0.15, 0.2) is 0 Å². The molecule has 0 saturated heterocycles. The minimum Gasteiger partial charge on any atom is -0.497 e. The van der Waals surface area contributed by atoms with Gasteiger partial charge in [-0.1, -0.05) is 36.4 Å². The minimum atomic E-state index is -0.0972. The summed E-state index contributed by atoms with van der Waals surface area (Å²) in [5.74, 6) is 1.32. The van der Waals surface area contributed by atoms with Crippen molar-refractivity contribution in [2.45, 2.75) is 6.42 Å². The summed E-state index contributed by atoms with van der Waals surface area (Å²) in [5.41, 5.74) is 2.64. The lowest BCUT2D eigenvalue weighted by Gasteiger charge is -2.09. The summed E-state index contributed by atoms with van der Waals surface area (Å²) < 4.78 is 6.93. The van der Waals surface area contributed by atoms with Crippen LogP contribution in [0.15, 0.2) is 78.2 Å². The van der Waals surface area contributed by atoms with Crippen LogP contribution >= 0.6 is 11.3 Å². The summed E-state index contributed by atoms with van der Waals surface area (Å²) in [6.07, 6.45) is 0.276. The van der Waals surface area contributed by atoms with Crippen LogP contribution in [0, 0.1) is 0 Å². The van der Waals surface area contributed by atoms with Crippen LogP contribution in [0.3, 0.4) is 0 Å². The molecule has 140 valence electrons. The average Bonchev–Trinajstić information content (AvgIpc) is 3.39. The maximum absolute atomic E-state index is 12.6. The zero-order valence-electron chi connectivity index (χ0n) is 15.3. The molecule has 5 nitrogen and oxygen atoms in total. The third-order valence-electron chi connectivity index (χ3n) is 4.27. The van der Waals surface area contributed by atoms with Gasteiger partial charge in [-0.25, -0.2) is 4.68 Å². The standard InChI is InChI=1S/C22H19N3O2S/c1-27-18-11-9-16(10-12-18)14-22(26)23-21-15-19(20-8-5-13-28-20)24-25(21)17-6-3-2-4-7-17/h2-13,15H,14H2,1H3,(H,23,26). The molecule has 2 aromatic heterocycles. The molecular formula is C22H19N3O2S. The van der Waals surface area contributed by atoms with Gasteiger partial charge in [0.2, 0.25) is 5.91 Å². The number of para-hydroxylation sites is 1. The Morgan fingerprint density at radius 2 is 1.86 bits per heavy atom. The fraction of sp³-hybridized carbons (Fsp3) is 0.0909. The predicted octanol–water partition coefficient (Wildman–Crippen LogP) is 4.79. The van der Waals surface area contributed by atoms with E-state index >= 15 is 0 Å². The van der Waals surface area contributed by atoms with E-state index in [1.165, 1.54) is 0 Å². The molecular weight excluding hydrogens is 370 g/mol. The van der Waals surface area contributed by atoms with Gasteiger partial charge in [0.05, 0.1) is 24.1 Å². The van der Waals surface area contributed by atoms with Gasteiger partial charge in [-0.15, -0.1) is 11.3 Å². The van der Waals surface area contributed by atoms with Gasteiger partial charge in [-0.3, -0.25) is 4.79 Å². The Labute approximate surface area is 167 Å². The minimum absolute atomic E-state index is 0.0972. The molecule has 1 N–H and O–H groups in total. The highest BCUT2D eigenvalue weighted by molar-refractivity contribution is 7.13. The average molecular weight is 389 g/mol. The van der Waals surface area contributed by atoms with Crippen LogP contribution in [0.4, 0.5) is 5.82 Å². The molecule has 0 aliphatic carbocycles. The number of nitrogens with zero attached hydrogens (tertiary/aromatic N) is 2. The van der Waals surface area contributed by atoms with Gasteiger partial charge in [-0.2, -0.15) is 5.10 Å². The number of ether oxygens (including phenoxy) is 1. The Bertz CT molecular complexity index is 1060. The normalized spacial score (nSPS) is 10.6. The van der Waals surface area contributed by atoms with Crippen LogP contribution < -0.4 is 10.1 Å². The third-order valence-corrected chi connectivity index (χ3v) is 5.17. The summed E-state index contributed by atoms with van der Waals surface area (Å²) in [5, 5.41) is 9.72. The van der Waals surface area contributed by atoms with Crippen LogP contribution in [0.2, 0.25) is 0 Å². The van der Waals surface area contributed by atoms with Crippen LogP contribution in [0.25, 0.3) is 16.3 Å². The lowest BCUT2D eigenvalue weighted by molar-refractivity contribution is -0.115. The van der Waals surface area contributed by atoms with Gasteiger partial charge in [0, 0.05) is 6.07 Å². The molecule has 4 aromatic rings. The van der Waals surface area contributed by atoms with Crippen molar-refractivity contribution in [1.29, 1.82) is 0 Å². The van der Waals surface area contributed by atoms with E-state index in [2.05, 4.69) is 5.32 Å². The first kappa shape index (κ1) is 18.0. The zero-order chi connectivity index (χ0) is 19.3. The van der Waals surface area contributed by atoms with E-state index < -0.39 is 0 Å². The van der Waals surface area contributed by atoms with Gasteiger partial charge in [0.25, 0.3) is 0 Å². The maximum Gasteiger partial charge on any atom is 0.229 e. The van der Waals surface area contributed by atoms with Crippen molar-refractivity contribution in [2.75, 3.05) is 12.4 Å². The molecule has 0 aliphatic heterocycles. The molecule has 4 rings (SSSR count). The highest BCUT2D eigenvalue weighted by Crippen LogP contribution is 2.28. The largest absolute Gasteiger partial charge is 0.497 e. The van der Waals surface area contributed by atoms with Crippen molar-refractivity contribution in [3.8, 4) is 22.0 Å². The maximum atomic E-state index is 12.6. The number of thiophene rings is 1. The molecule has 0 unspecified atom stereocenters. The van der Waals surface area contributed by atoms with Crippen LogP contribution in [-0.4, -0.2) is 22.8 Å². The monoisotopic (exact) mass is 389 g/mol. The topological polar surface area (TPSA) is 56.1 Å². The Balaban J connectivity index is 1.59. The summed E-state index contributed by atoms with van der Waals surface area (Å²) in [6.45, 7) is 0. The molecule has 1 amide bonds. The number of aromatic nitrogens is 2. The van der Waals surface area contributed by atoms with Crippen molar-refractivity contribution in [3.63, 3.8) is 0 Å². The van der Waals surface area contributed by atoms with E-state index in [9.17, 15) is 4.79 Å². The summed E-state index contributed by atoms with van der Waals surface area (Å²) >= 11 is 1.62. The first-order chi connectivity index (χ1) is 13.7. The number of rotatable bonds is 6. The molecule has 0 spiro atoms. The van der Waals surface area contributed by atoms with Crippen molar-refractivity contribution in [1.82, 2.24) is 9.78 Å². The van der Waals surface area contributed by atoms with Crippen LogP contribution in [-0.2, 0) is 11.2 Å². The number of anilines is 1. The number of methoxy groups -OCH3 is 1. The molecule has 0 aliphatic rings. The molecule has 0 atom stereocenters. The Morgan fingerprint density at radius 3 is 2.54 bits per heavy atom. The number of carbonyl (C=O) groups is 1. The molecule has 0 radical (unpaired) electrons. The fourth-order valence-electron chi connectivity index (χ4n) is 2.90. The van der Waals surface area contributed by atoms with Crippen molar-refractivity contribution in [2.24, 2.45) is 0 Å². The van der Waals surface area contributed by atoms with E-state index in [0.29, 0.717) is 5.82 Å². The molecule has 0 bridgehead atoms. The number of nitrogens with one attached hydrogen (secondary N) is 1. The summed E-state index contributed by atoms with van der Waals surface area (Å²) in [6, 6.07) is 23.2. The van der Waals surface area contributed by atoms with E-state index in [1.54, 1.807) is 23.1 Å². The van der Waals surface area contributed by atoms with E-state index in [-0.39, 0.29) is 12.3 Å². The lowest BCUT2D eigenvalue weighted by Crippen LogP contribution is -2.17. The first-order valence-corrected chi connectivity index (χ1v) is 9.73. The van der Waals surface area contributed by atoms with E-state index in [0.717, 1.165) is 27.6 Å². The number of benzene rings is 2. The van der Waals surface area contributed by atoms with Gasteiger partial charge in [0.1, 0.15) is 17.3 Å². The number of hydrogen-bond acceptors (Lipinski definition) is 4. The second-order valence-electron chi connectivity index (χ2n) is 6.21. The first-order valence-electron chi connectivity index (χ1n) is 8.85. The number of hydrogen-bond donors (Lipinski definition) is 1. The van der Waals surface area contributed by atoms with Gasteiger partial charge >= 0.3 is 0 Å². The molecule has 0 fully saturated rings. The quantitative estimate of drug-likeness (QED) is 0.516. The van der Waals surface area contributed by atoms with Crippen LogP contribution in [0.1, 0.15) is 5.56 Å². The van der Waals surface area contributed by atoms with Crippen molar-refractivity contribution < 1.29 is 9.53 Å². The molecule has 2 aromatic carbocycles. The fourth-order valence-corrected chi connectivity index (χ4v) is 3.58. The van der Waals surface area contributed by atoms with E-state index in [1.807, 2.05) is 78.2 Å².